The second kappa shape index (κ2) is 21.1. The molecule has 0 spiro atoms. The maximum atomic E-state index is 13.7. The molecule has 5 unspecified atom stereocenters. The first-order valence-corrected chi connectivity index (χ1v) is 28.8. The number of H-pyrrole nitrogens is 2. The lowest BCUT2D eigenvalue weighted by atomic mass is 10.1. The molecule has 43 heteroatoms. The number of phosphoric ester groups is 3. The summed E-state index contributed by atoms with van der Waals surface area (Å²) >= 11 is 1.03. The molecule has 0 amide bonds. The molecule has 0 radical (unpaired) electrons. The lowest BCUT2D eigenvalue weighted by Gasteiger charge is -2.26. The summed E-state index contributed by atoms with van der Waals surface area (Å²) in [5.41, 5.74) is 15.8. The van der Waals surface area contributed by atoms with Crippen LogP contribution in [0.4, 0.5) is 17.7 Å². The molecule has 0 aliphatic carbocycles. The third kappa shape index (κ3) is 11.1. The van der Waals surface area contributed by atoms with Gasteiger partial charge in [0.2, 0.25) is 24.5 Å². The van der Waals surface area contributed by atoms with Crippen LogP contribution in [0.2, 0.25) is 0 Å². The predicted octanol–water partition coefficient (Wildman–Crippen LogP) is -3.34. The second-order valence-corrected chi connectivity index (χ2v) is 23.7. The summed E-state index contributed by atoms with van der Waals surface area (Å²) < 4.78 is 110. The third-order valence-electron chi connectivity index (χ3n) is 11.8. The number of fused-ring (bicyclic) bond motifs is 3. The van der Waals surface area contributed by atoms with E-state index in [1.165, 1.54) is 27.1 Å². The Morgan fingerprint density at radius 2 is 1.22 bits per heavy atom. The van der Waals surface area contributed by atoms with Crippen LogP contribution in [0.25, 0.3) is 33.5 Å². The van der Waals surface area contributed by atoms with Crippen molar-refractivity contribution in [2.24, 2.45) is 7.05 Å². The number of anilines is 3. The summed E-state index contributed by atoms with van der Waals surface area (Å²) in [6, 6.07) is 0. The van der Waals surface area contributed by atoms with E-state index in [-0.39, 0.29) is 51.2 Å². The van der Waals surface area contributed by atoms with Crippen LogP contribution < -0.4 is 32.9 Å². The zero-order valence-corrected chi connectivity index (χ0v) is 43.3. The number of hydrogen-bond donors (Lipinski definition) is 12. The smallest absolute Gasteiger partial charge is 0.387 e. The predicted molar refractivity (Wildman–Crippen MR) is 250 cm³/mol. The Hall–Kier alpha value is -4.76. The van der Waals surface area contributed by atoms with Gasteiger partial charge in [-0.25, -0.2) is 42.8 Å². The average Bonchev–Trinajstić information content (AvgIpc) is 4.18. The summed E-state index contributed by atoms with van der Waals surface area (Å²) in [5, 5.41) is 32.0. The van der Waals surface area contributed by atoms with Gasteiger partial charge in [-0.1, -0.05) is 0 Å². The van der Waals surface area contributed by atoms with Crippen LogP contribution in [0.1, 0.15) is 18.7 Å². The maximum Gasteiger partial charge on any atom is 0.490 e. The lowest BCUT2D eigenvalue weighted by Crippen LogP contribution is -2.38. The van der Waals surface area contributed by atoms with Crippen molar-refractivity contribution in [2.45, 2.75) is 72.8 Å². The molecule has 3 saturated heterocycles. The molecule has 3 fully saturated rings. The Balaban J connectivity index is 0.866. The number of aromatic amines is 2. The number of aryl methyl sites for hydroxylation is 1. The normalized spacial score (nSPS) is 30.2. The molecule has 0 bridgehead atoms. The molecular formula is C33H46N15O23P4S+. The Kier molecular flexibility index (Phi) is 15.6. The number of rotatable bonds is 20. The highest BCUT2D eigenvalue weighted by Gasteiger charge is 2.54. The minimum Gasteiger partial charge on any atom is -0.387 e. The summed E-state index contributed by atoms with van der Waals surface area (Å²) in [6.45, 7) is -3.12. The summed E-state index contributed by atoms with van der Waals surface area (Å²) in [5.74, 6) is -0.638. The molecule has 0 aromatic carbocycles. The first kappa shape index (κ1) is 56.0. The van der Waals surface area contributed by atoms with E-state index in [0.29, 0.717) is 0 Å². The van der Waals surface area contributed by atoms with E-state index < -0.39 is 135 Å². The molecule has 38 nitrogen and oxygen atoms in total. The largest absolute Gasteiger partial charge is 0.490 e. The summed E-state index contributed by atoms with van der Waals surface area (Å²) in [6.07, 6.45) is -11.0. The van der Waals surface area contributed by atoms with Crippen molar-refractivity contribution in [1.82, 2.24) is 53.6 Å². The number of aliphatic hydroxyl groups is 3. The van der Waals surface area contributed by atoms with Gasteiger partial charge >= 0.3 is 36.9 Å². The van der Waals surface area contributed by atoms with E-state index in [1.54, 1.807) is 6.26 Å². The maximum absolute atomic E-state index is 13.7. The molecule has 6 aromatic rings. The number of ether oxygens (including phenoxy) is 4. The Morgan fingerprint density at radius 1 is 0.671 bits per heavy atom. The molecule has 15 N–H and O–H groups in total. The van der Waals surface area contributed by atoms with Crippen LogP contribution in [-0.4, -0.2) is 176 Å². The molecule has 3 aliphatic heterocycles. The van der Waals surface area contributed by atoms with Crippen molar-refractivity contribution in [3.8, 4) is 0 Å². The van der Waals surface area contributed by atoms with Gasteiger partial charge in [-0.3, -0.25) is 46.8 Å². The first-order chi connectivity index (χ1) is 35.7. The molecule has 16 atom stereocenters. The van der Waals surface area contributed by atoms with Gasteiger partial charge < -0.3 is 71.0 Å². The number of methoxy groups -OCH3 is 1. The van der Waals surface area contributed by atoms with Crippen molar-refractivity contribution >= 4 is 94.3 Å². The number of hydrogen-bond acceptors (Lipinski definition) is 29. The number of thioether (sulfide) groups is 1. The average molecular weight is 1180 g/mol. The number of nitrogens with two attached hydrogens (primary N) is 3. The van der Waals surface area contributed by atoms with Crippen molar-refractivity contribution in [3.05, 3.63) is 46.0 Å². The van der Waals surface area contributed by atoms with E-state index in [2.05, 4.69) is 48.5 Å². The minimum absolute atomic E-state index is 0.00665. The van der Waals surface area contributed by atoms with Crippen molar-refractivity contribution < 1.29 is 103 Å². The topological polar surface area (TPSA) is 542 Å². The lowest BCUT2D eigenvalue weighted by molar-refractivity contribution is -0.646. The SMILES string of the molecule is CO[C@@H]1[C@H](OP(=O)(O)OC[C@H]2O[C@@H](n3cnc4c(=O)[nH]c(N)nc43)[C@H](O)[C@@H]2O)[C@@H](COP(=O)(O)OP(=O)(O)OP(=O)(O)OC[C@H]2OC(n3c[n+](C)c4c(=O)[nH]c(N)nc43)[C@H](O)[C@@H]2SC)O[C@H]1n1cnc2c(N)ncnc21. The number of imidazole rings is 3. The molecular weight excluding hydrogens is 1130 g/mol. The highest BCUT2D eigenvalue weighted by atomic mass is 32.2. The highest BCUT2D eigenvalue weighted by molar-refractivity contribution is 7.99. The number of nitrogens with one attached hydrogen (secondary N) is 2. The van der Waals surface area contributed by atoms with Gasteiger partial charge in [0.25, 0.3) is 16.7 Å². The number of aliphatic hydroxyl groups excluding tert-OH is 3. The standard InChI is InChI=1S/C33H45N15O23P4S/c1-45-10-48(26-16(45)28(53)44-33(36)42-26)30-19(51)22(76-3)13(68-30)6-65-74(58,59)71-75(60,61)70-73(56,57)64-5-12-20(21(62-2)31(67-12)46-8-39-14-23(34)37-7-38-24(14)46)69-72(54,55)63-4-11-17(49)18(50)29(66-11)47-9-40-15-25(47)41-32(35)43-27(15)52/h7-13,17-22,29-31,49-51H,4-6H2,1-3H3,(H11-,34,35,36,37,38,41,42,43,44,52,53,54,55,56,57,58,59,60,61)/p+1/t11-,12-,13-,17-,18-,19-,20-,21-,22-,29-,30?,31-/m1/s1. The number of phosphoric acid groups is 4. The van der Waals surface area contributed by atoms with Crippen LogP contribution in [0.5, 0.6) is 0 Å². The van der Waals surface area contributed by atoms with Crippen LogP contribution >= 0.6 is 43.1 Å². The molecule has 76 heavy (non-hydrogen) atoms. The number of nitrogens with zero attached hydrogens (tertiary/aromatic N) is 10. The van der Waals surface area contributed by atoms with E-state index in [0.717, 1.165) is 42.4 Å². The molecule has 9 heterocycles. The van der Waals surface area contributed by atoms with Crippen LogP contribution in [-0.2, 0) is 71.0 Å². The first-order valence-electron chi connectivity index (χ1n) is 21.5. The van der Waals surface area contributed by atoms with Crippen LogP contribution in [0.15, 0.2) is 34.9 Å². The van der Waals surface area contributed by atoms with Gasteiger partial charge in [0.15, 0.2) is 35.1 Å². The molecule has 6 aromatic heterocycles. The third-order valence-corrected chi connectivity index (χ3v) is 18.2. The number of nitrogen functional groups attached to an aromatic ring is 3. The summed E-state index contributed by atoms with van der Waals surface area (Å²) in [4.78, 5) is 96.3. The second-order valence-electron chi connectivity index (χ2n) is 16.7. The fourth-order valence-corrected chi connectivity index (χ4v) is 13.9. The molecule has 0 saturated carbocycles. The molecule has 3 aliphatic rings. The van der Waals surface area contributed by atoms with Gasteiger partial charge in [-0.2, -0.15) is 34.9 Å². The van der Waals surface area contributed by atoms with Gasteiger partial charge in [0.1, 0.15) is 60.7 Å². The highest BCUT2D eigenvalue weighted by Crippen LogP contribution is 2.68. The van der Waals surface area contributed by atoms with Crippen molar-refractivity contribution in [1.29, 1.82) is 0 Å². The van der Waals surface area contributed by atoms with E-state index in [4.69, 9.17) is 54.2 Å². The fourth-order valence-electron chi connectivity index (χ4n) is 8.57. The van der Waals surface area contributed by atoms with Gasteiger partial charge in [0.05, 0.1) is 44.8 Å². The minimum atomic E-state index is -6.15. The fraction of sp³-hybridized carbons (Fsp3) is 0.545. The molecule has 9 rings (SSSR count). The van der Waals surface area contributed by atoms with Crippen molar-refractivity contribution in [2.75, 3.05) is 50.4 Å². The Labute approximate surface area is 426 Å². The van der Waals surface area contributed by atoms with Crippen LogP contribution in [0, 0.1) is 0 Å². The van der Waals surface area contributed by atoms with Crippen LogP contribution in [0.3, 0.4) is 0 Å². The quantitative estimate of drug-likeness (QED) is 0.0263. The number of aromatic nitrogens is 12. The van der Waals surface area contributed by atoms with E-state index in [1.807, 2.05) is 0 Å². The Morgan fingerprint density at radius 3 is 1.88 bits per heavy atom. The monoisotopic (exact) mass is 1180 g/mol. The zero-order valence-electron chi connectivity index (χ0n) is 38.9. The Bertz CT molecular complexity index is 3490. The van der Waals surface area contributed by atoms with Crippen molar-refractivity contribution in [3.63, 3.8) is 0 Å². The van der Waals surface area contributed by atoms with E-state index in [9.17, 15) is 62.7 Å². The van der Waals surface area contributed by atoms with Gasteiger partial charge in [-0.05, 0) is 6.26 Å². The zero-order chi connectivity index (χ0) is 55.0. The summed E-state index contributed by atoms with van der Waals surface area (Å²) in [7, 11) is -20.7. The molecule has 416 valence electrons. The van der Waals surface area contributed by atoms with E-state index >= 15 is 0 Å². The van der Waals surface area contributed by atoms with Gasteiger partial charge in [0, 0.05) is 7.11 Å². The van der Waals surface area contributed by atoms with Gasteiger partial charge in [-0.15, -0.1) is 0 Å².